The fourth-order valence-corrected chi connectivity index (χ4v) is 2.85. The third-order valence-electron chi connectivity index (χ3n) is 3.87. The second-order valence-corrected chi connectivity index (χ2v) is 5.33. The molecule has 1 aromatic heterocycles. The first kappa shape index (κ1) is 12.2. The minimum absolute atomic E-state index is 1.09. The Kier molecular flexibility index (Phi) is 3.49. The van der Waals surface area contributed by atoms with Gasteiger partial charge in [-0.3, -0.25) is 4.98 Å². The van der Waals surface area contributed by atoms with Gasteiger partial charge in [0.25, 0.3) is 0 Å². The molecule has 0 N–H and O–H groups in total. The fourth-order valence-electron chi connectivity index (χ4n) is 2.85. The number of benzene rings is 1. The first-order chi connectivity index (χ1) is 9.33. The number of anilines is 1. The van der Waals surface area contributed by atoms with Gasteiger partial charge in [0.15, 0.2) is 0 Å². The van der Waals surface area contributed by atoms with Crippen LogP contribution >= 0.6 is 0 Å². The summed E-state index contributed by atoms with van der Waals surface area (Å²) in [7, 11) is 0. The Morgan fingerprint density at radius 3 is 2.84 bits per heavy atom. The number of aryl methyl sites for hydroxylation is 2. The highest BCUT2D eigenvalue weighted by Gasteiger charge is 2.16. The first-order valence-electron chi connectivity index (χ1n) is 7.06. The quantitative estimate of drug-likeness (QED) is 0.832. The van der Waals surface area contributed by atoms with Crippen LogP contribution in [0.3, 0.4) is 0 Å². The van der Waals surface area contributed by atoms with Crippen LogP contribution in [0.25, 0.3) is 0 Å². The second kappa shape index (κ2) is 5.43. The van der Waals surface area contributed by atoms with Gasteiger partial charge in [-0.2, -0.15) is 0 Å². The van der Waals surface area contributed by atoms with Gasteiger partial charge in [0.1, 0.15) is 0 Å². The number of pyridine rings is 1. The van der Waals surface area contributed by atoms with Crippen molar-refractivity contribution in [1.82, 2.24) is 4.98 Å². The van der Waals surface area contributed by atoms with Crippen LogP contribution in [0.4, 0.5) is 5.69 Å². The van der Waals surface area contributed by atoms with Gasteiger partial charge in [-0.25, -0.2) is 0 Å². The van der Waals surface area contributed by atoms with E-state index in [9.17, 15) is 0 Å². The Balaban J connectivity index is 1.73. The van der Waals surface area contributed by atoms with Gasteiger partial charge in [0.2, 0.25) is 0 Å². The number of hydrogen-bond donors (Lipinski definition) is 0. The molecule has 1 aliphatic heterocycles. The summed E-state index contributed by atoms with van der Waals surface area (Å²) in [5.41, 5.74) is 5.69. The van der Waals surface area contributed by atoms with E-state index in [1.165, 1.54) is 41.8 Å². The van der Waals surface area contributed by atoms with Crippen LogP contribution < -0.4 is 4.90 Å². The van der Waals surface area contributed by atoms with Crippen molar-refractivity contribution in [2.45, 2.75) is 26.2 Å². The van der Waals surface area contributed by atoms with Crippen LogP contribution in [0, 0.1) is 6.92 Å². The maximum atomic E-state index is 4.07. The predicted octanol–water partition coefficient (Wildman–Crippen LogP) is 3.39. The van der Waals surface area contributed by atoms with Crippen LogP contribution in [0.1, 0.15) is 23.1 Å². The molecule has 2 heterocycles. The average molecular weight is 252 g/mol. The van der Waals surface area contributed by atoms with E-state index >= 15 is 0 Å². The van der Waals surface area contributed by atoms with Crippen molar-refractivity contribution in [3.63, 3.8) is 0 Å². The summed E-state index contributed by atoms with van der Waals surface area (Å²) in [5, 5.41) is 0. The second-order valence-electron chi connectivity index (χ2n) is 5.33. The van der Waals surface area contributed by atoms with E-state index in [0.717, 1.165) is 13.0 Å². The van der Waals surface area contributed by atoms with Crippen molar-refractivity contribution in [3.05, 3.63) is 59.4 Å². The van der Waals surface area contributed by atoms with Crippen LogP contribution in [-0.2, 0) is 12.8 Å². The summed E-state index contributed by atoms with van der Waals surface area (Å²) < 4.78 is 0. The molecule has 0 spiro atoms. The lowest BCUT2D eigenvalue weighted by molar-refractivity contribution is 0.687. The Hall–Kier alpha value is -1.83. The Morgan fingerprint density at radius 2 is 2.00 bits per heavy atom. The Morgan fingerprint density at radius 1 is 1.16 bits per heavy atom. The van der Waals surface area contributed by atoms with E-state index < -0.39 is 0 Å². The topological polar surface area (TPSA) is 16.1 Å². The van der Waals surface area contributed by atoms with E-state index in [0.29, 0.717) is 0 Å². The molecule has 98 valence electrons. The van der Waals surface area contributed by atoms with Gasteiger partial charge in [-0.1, -0.05) is 17.7 Å². The highest BCUT2D eigenvalue weighted by atomic mass is 15.1. The molecular weight excluding hydrogens is 232 g/mol. The lowest BCUT2D eigenvalue weighted by Gasteiger charge is -2.31. The van der Waals surface area contributed by atoms with E-state index in [2.05, 4.69) is 47.1 Å². The minimum Gasteiger partial charge on any atom is -0.371 e. The third kappa shape index (κ3) is 2.78. The van der Waals surface area contributed by atoms with Gasteiger partial charge in [-0.05, 0) is 55.5 Å². The lowest BCUT2D eigenvalue weighted by atomic mass is 9.99. The number of hydrogen-bond acceptors (Lipinski definition) is 2. The van der Waals surface area contributed by atoms with Crippen molar-refractivity contribution >= 4 is 5.69 Å². The SMILES string of the molecule is Cc1ccc2c(c1)CCCN2CCc1ccncc1. The average Bonchev–Trinajstić information content (AvgIpc) is 2.45. The van der Waals surface area contributed by atoms with Crippen molar-refractivity contribution < 1.29 is 0 Å². The van der Waals surface area contributed by atoms with Crippen molar-refractivity contribution in [3.8, 4) is 0 Å². The molecule has 0 unspecified atom stereocenters. The molecule has 19 heavy (non-hydrogen) atoms. The maximum absolute atomic E-state index is 4.07. The van der Waals surface area contributed by atoms with E-state index in [1.54, 1.807) is 0 Å². The lowest BCUT2D eigenvalue weighted by Crippen LogP contribution is -2.31. The summed E-state index contributed by atoms with van der Waals surface area (Å²) >= 11 is 0. The van der Waals surface area contributed by atoms with Crippen LogP contribution in [-0.4, -0.2) is 18.1 Å². The molecule has 0 fully saturated rings. The molecule has 0 radical (unpaired) electrons. The Bertz CT molecular complexity index is 548. The third-order valence-corrected chi connectivity index (χ3v) is 3.87. The van der Waals surface area contributed by atoms with Gasteiger partial charge in [-0.15, -0.1) is 0 Å². The minimum atomic E-state index is 1.09. The molecule has 1 aromatic carbocycles. The molecule has 3 rings (SSSR count). The summed E-state index contributed by atoms with van der Waals surface area (Å²) in [6.45, 7) is 4.46. The van der Waals surface area contributed by atoms with E-state index in [-0.39, 0.29) is 0 Å². The molecule has 0 saturated heterocycles. The standard InChI is InChI=1S/C17H20N2/c1-14-4-5-17-16(13-14)3-2-11-19(17)12-8-15-6-9-18-10-7-15/h4-7,9-10,13H,2-3,8,11-12H2,1H3. The summed E-state index contributed by atoms with van der Waals surface area (Å²) in [4.78, 5) is 6.60. The molecule has 2 nitrogen and oxygen atoms in total. The van der Waals surface area contributed by atoms with Crippen LogP contribution in [0.2, 0.25) is 0 Å². The smallest absolute Gasteiger partial charge is 0.0399 e. The zero-order valence-electron chi connectivity index (χ0n) is 11.5. The molecule has 0 saturated carbocycles. The summed E-state index contributed by atoms with van der Waals surface area (Å²) in [5.74, 6) is 0. The molecule has 2 heteroatoms. The highest BCUT2D eigenvalue weighted by Crippen LogP contribution is 2.27. The number of fused-ring (bicyclic) bond motifs is 1. The Labute approximate surface area is 115 Å². The zero-order valence-corrected chi connectivity index (χ0v) is 11.5. The number of aromatic nitrogens is 1. The zero-order chi connectivity index (χ0) is 13.1. The predicted molar refractivity (Wildman–Crippen MR) is 79.7 cm³/mol. The van der Waals surface area contributed by atoms with Crippen LogP contribution in [0.15, 0.2) is 42.7 Å². The van der Waals surface area contributed by atoms with E-state index in [1.807, 2.05) is 12.4 Å². The van der Waals surface area contributed by atoms with Gasteiger partial charge >= 0.3 is 0 Å². The van der Waals surface area contributed by atoms with Crippen molar-refractivity contribution in [1.29, 1.82) is 0 Å². The fraction of sp³-hybridized carbons (Fsp3) is 0.353. The summed E-state index contributed by atoms with van der Waals surface area (Å²) in [6.07, 6.45) is 7.34. The maximum Gasteiger partial charge on any atom is 0.0399 e. The normalized spacial score (nSPS) is 14.3. The summed E-state index contributed by atoms with van der Waals surface area (Å²) in [6, 6.07) is 11.1. The van der Waals surface area contributed by atoms with Gasteiger partial charge in [0, 0.05) is 31.2 Å². The van der Waals surface area contributed by atoms with Crippen molar-refractivity contribution in [2.75, 3.05) is 18.0 Å². The number of nitrogens with zero attached hydrogens (tertiary/aromatic N) is 2. The molecule has 0 bridgehead atoms. The highest BCUT2D eigenvalue weighted by molar-refractivity contribution is 5.56. The van der Waals surface area contributed by atoms with Gasteiger partial charge < -0.3 is 4.90 Å². The molecule has 0 aliphatic carbocycles. The van der Waals surface area contributed by atoms with Crippen LogP contribution in [0.5, 0.6) is 0 Å². The molecule has 2 aromatic rings. The molecule has 0 atom stereocenters. The van der Waals surface area contributed by atoms with E-state index in [4.69, 9.17) is 0 Å². The molecular formula is C17H20N2. The van der Waals surface area contributed by atoms with Crippen molar-refractivity contribution in [2.24, 2.45) is 0 Å². The van der Waals surface area contributed by atoms with Gasteiger partial charge in [0.05, 0.1) is 0 Å². The largest absolute Gasteiger partial charge is 0.371 e. The monoisotopic (exact) mass is 252 g/mol. The molecule has 0 amide bonds. The molecule has 1 aliphatic rings. The first-order valence-corrected chi connectivity index (χ1v) is 7.06. The number of rotatable bonds is 3.